The molecular formula is C35H46N2O3S. The average molecular weight is 575 g/mol. The molecule has 0 saturated heterocycles. The number of benzene rings is 3. The van der Waals surface area contributed by atoms with E-state index in [-0.39, 0.29) is 18.9 Å². The van der Waals surface area contributed by atoms with Crippen molar-refractivity contribution in [2.45, 2.75) is 84.5 Å². The van der Waals surface area contributed by atoms with Crippen molar-refractivity contribution in [1.82, 2.24) is 10.2 Å². The molecule has 1 saturated carbocycles. The molecular weight excluding hydrogens is 528 g/mol. The monoisotopic (exact) mass is 574 g/mol. The van der Waals surface area contributed by atoms with Gasteiger partial charge in [-0.1, -0.05) is 68.1 Å². The molecule has 0 radical (unpaired) electrons. The lowest BCUT2D eigenvalue weighted by Crippen LogP contribution is -2.57. The summed E-state index contributed by atoms with van der Waals surface area (Å²) in [5.41, 5.74) is 6.06. The van der Waals surface area contributed by atoms with Crippen LogP contribution in [0.25, 0.3) is 11.1 Å². The fourth-order valence-corrected chi connectivity index (χ4v) is 6.41. The van der Waals surface area contributed by atoms with Gasteiger partial charge in [-0.2, -0.15) is 11.8 Å². The topological polar surface area (TPSA) is 69.6 Å². The van der Waals surface area contributed by atoms with Crippen molar-refractivity contribution in [2.24, 2.45) is 0 Å². The second-order valence-corrected chi connectivity index (χ2v) is 12.3. The SMILES string of the molecule is C.CSCC[C@H](NC(=O)c1ccc(CN(C(C)C)C2(Cc3ccccc3)CCC2)cc1-c1ccccc1C)C(=O)O. The van der Waals surface area contributed by atoms with E-state index < -0.39 is 12.0 Å². The maximum absolute atomic E-state index is 13.5. The number of hydrogen-bond donors (Lipinski definition) is 2. The number of aliphatic carboxylic acids is 1. The molecule has 1 atom stereocenters. The van der Waals surface area contributed by atoms with Crippen molar-refractivity contribution in [3.8, 4) is 11.1 Å². The second-order valence-electron chi connectivity index (χ2n) is 11.3. The van der Waals surface area contributed by atoms with Gasteiger partial charge in [-0.3, -0.25) is 9.69 Å². The molecule has 0 spiro atoms. The van der Waals surface area contributed by atoms with Crippen LogP contribution in [0.3, 0.4) is 0 Å². The van der Waals surface area contributed by atoms with Crippen LogP contribution in [0.5, 0.6) is 0 Å². The molecule has 0 bridgehead atoms. The Hall–Kier alpha value is -3.09. The molecule has 3 aromatic rings. The molecule has 2 N–H and O–H groups in total. The number of thioether (sulfide) groups is 1. The Balaban J connectivity index is 0.00000462. The summed E-state index contributed by atoms with van der Waals surface area (Å²) in [7, 11) is 0. The number of carboxylic acid groups (broad SMARTS) is 1. The maximum atomic E-state index is 13.5. The summed E-state index contributed by atoms with van der Waals surface area (Å²) in [6.45, 7) is 7.38. The minimum Gasteiger partial charge on any atom is -0.480 e. The molecule has 0 aliphatic heterocycles. The average Bonchev–Trinajstić information content (AvgIpc) is 2.92. The van der Waals surface area contributed by atoms with E-state index in [4.69, 9.17) is 0 Å². The van der Waals surface area contributed by atoms with Crippen LogP contribution in [0, 0.1) is 6.92 Å². The predicted octanol–water partition coefficient (Wildman–Crippen LogP) is 7.61. The molecule has 1 amide bonds. The molecule has 4 rings (SSSR count). The molecule has 1 fully saturated rings. The van der Waals surface area contributed by atoms with E-state index in [2.05, 4.69) is 60.5 Å². The first-order valence-corrected chi connectivity index (χ1v) is 15.7. The van der Waals surface area contributed by atoms with Gasteiger partial charge in [0.05, 0.1) is 0 Å². The quantitative estimate of drug-likeness (QED) is 0.220. The molecule has 3 aromatic carbocycles. The van der Waals surface area contributed by atoms with Gasteiger partial charge in [-0.15, -0.1) is 0 Å². The number of amides is 1. The van der Waals surface area contributed by atoms with Crippen molar-refractivity contribution >= 4 is 23.6 Å². The van der Waals surface area contributed by atoms with Crippen LogP contribution in [0.2, 0.25) is 0 Å². The number of carbonyl (C=O) groups is 2. The lowest BCUT2D eigenvalue weighted by molar-refractivity contribution is -0.139. The Kier molecular flexibility index (Phi) is 11.6. The van der Waals surface area contributed by atoms with Gasteiger partial charge in [0.1, 0.15) is 6.04 Å². The van der Waals surface area contributed by atoms with Crippen LogP contribution in [-0.2, 0) is 17.8 Å². The van der Waals surface area contributed by atoms with Gasteiger partial charge < -0.3 is 10.4 Å². The second kappa shape index (κ2) is 14.7. The zero-order chi connectivity index (χ0) is 28.7. The van der Waals surface area contributed by atoms with Gasteiger partial charge in [0, 0.05) is 23.7 Å². The summed E-state index contributed by atoms with van der Waals surface area (Å²) in [5.74, 6) is -0.692. The van der Waals surface area contributed by atoms with Crippen LogP contribution < -0.4 is 5.32 Å². The lowest BCUT2D eigenvalue weighted by atomic mass is 9.70. The van der Waals surface area contributed by atoms with Gasteiger partial charge in [0.2, 0.25) is 0 Å². The van der Waals surface area contributed by atoms with E-state index in [9.17, 15) is 14.7 Å². The highest BCUT2D eigenvalue weighted by atomic mass is 32.2. The Labute approximate surface area is 250 Å². The Bertz CT molecular complexity index is 1300. The standard InChI is InChI=1S/C34H42N2O3S.CH4/c1-24(2)36(34(18-10-19-34)22-26-12-6-5-7-13-26)23-27-15-16-29(30(21-27)28-14-9-8-11-25(28)3)32(37)35-31(33(38)39)17-20-40-4;/h5-9,11-16,21,24,31H,10,17-20,22-23H2,1-4H3,(H,35,37)(H,38,39);1H4/t31-;/m0./s1. The van der Waals surface area contributed by atoms with Gasteiger partial charge >= 0.3 is 5.97 Å². The van der Waals surface area contributed by atoms with Crippen LogP contribution in [0.1, 0.15) is 74.0 Å². The highest BCUT2D eigenvalue weighted by Crippen LogP contribution is 2.43. The van der Waals surface area contributed by atoms with Gasteiger partial charge in [0.25, 0.3) is 5.91 Å². The van der Waals surface area contributed by atoms with Crippen LogP contribution in [-0.4, -0.2) is 51.5 Å². The van der Waals surface area contributed by atoms with Gasteiger partial charge in [0.15, 0.2) is 0 Å². The van der Waals surface area contributed by atoms with E-state index in [0.717, 1.165) is 35.2 Å². The molecule has 6 heteroatoms. The van der Waals surface area contributed by atoms with E-state index in [0.29, 0.717) is 23.8 Å². The first-order valence-electron chi connectivity index (χ1n) is 14.3. The highest BCUT2D eigenvalue weighted by molar-refractivity contribution is 7.98. The van der Waals surface area contributed by atoms with Gasteiger partial charge in [-0.25, -0.2) is 4.79 Å². The number of nitrogens with one attached hydrogen (secondary N) is 1. The molecule has 0 unspecified atom stereocenters. The smallest absolute Gasteiger partial charge is 0.326 e. The van der Waals surface area contributed by atoms with Crippen molar-refractivity contribution < 1.29 is 14.7 Å². The number of aryl methyl sites for hydroxylation is 1. The minimum absolute atomic E-state index is 0. The molecule has 1 aliphatic carbocycles. The molecule has 0 heterocycles. The molecule has 0 aromatic heterocycles. The van der Waals surface area contributed by atoms with Crippen LogP contribution >= 0.6 is 11.8 Å². The summed E-state index contributed by atoms with van der Waals surface area (Å²) in [5, 5.41) is 12.5. The Morgan fingerprint density at radius 2 is 1.66 bits per heavy atom. The minimum atomic E-state index is -1.01. The fraction of sp³-hybridized carbons (Fsp3) is 0.429. The zero-order valence-electron chi connectivity index (χ0n) is 24.2. The summed E-state index contributed by atoms with van der Waals surface area (Å²) in [6.07, 6.45) is 6.95. The third-order valence-electron chi connectivity index (χ3n) is 8.22. The van der Waals surface area contributed by atoms with Crippen molar-refractivity contribution in [3.63, 3.8) is 0 Å². The highest BCUT2D eigenvalue weighted by Gasteiger charge is 2.43. The van der Waals surface area contributed by atoms with Crippen molar-refractivity contribution in [3.05, 3.63) is 95.1 Å². The van der Waals surface area contributed by atoms with E-state index in [1.807, 2.05) is 49.6 Å². The Morgan fingerprint density at radius 1 is 0.976 bits per heavy atom. The van der Waals surface area contributed by atoms with E-state index in [1.54, 1.807) is 11.8 Å². The fourth-order valence-electron chi connectivity index (χ4n) is 5.94. The normalized spacial score (nSPS) is 14.7. The maximum Gasteiger partial charge on any atom is 0.326 e. The van der Waals surface area contributed by atoms with E-state index in [1.165, 1.54) is 24.8 Å². The number of rotatable bonds is 13. The van der Waals surface area contributed by atoms with Crippen molar-refractivity contribution in [1.29, 1.82) is 0 Å². The van der Waals surface area contributed by atoms with Crippen molar-refractivity contribution in [2.75, 3.05) is 12.0 Å². The summed E-state index contributed by atoms with van der Waals surface area (Å²) < 4.78 is 0. The molecule has 220 valence electrons. The molecule has 41 heavy (non-hydrogen) atoms. The number of carboxylic acids is 1. The first-order chi connectivity index (χ1) is 19.2. The summed E-state index contributed by atoms with van der Waals surface area (Å²) >= 11 is 1.57. The third kappa shape index (κ3) is 7.81. The Morgan fingerprint density at radius 3 is 2.24 bits per heavy atom. The lowest BCUT2D eigenvalue weighted by Gasteiger charge is -2.53. The van der Waals surface area contributed by atoms with Gasteiger partial charge in [-0.05, 0) is 105 Å². The summed E-state index contributed by atoms with van der Waals surface area (Å²) in [6, 6.07) is 24.3. The molecule has 5 nitrogen and oxygen atoms in total. The first kappa shape index (κ1) is 32.4. The third-order valence-corrected chi connectivity index (χ3v) is 8.87. The zero-order valence-corrected chi connectivity index (χ0v) is 25.0. The number of nitrogens with zero attached hydrogens (tertiary/aromatic N) is 1. The number of hydrogen-bond acceptors (Lipinski definition) is 4. The van der Waals surface area contributed by atoms with Crippen LogP contribution in [0.4, 0.5) is 0 Å². The van der Waals surface area contributed by atoms with E-state index >= 15 is 0 Å². The summed E-state index contributed by atoms with van der Waals surface area (Å²) in [4.78, 5) is 28.0. The molecule has 1 aliphatic rings. The largest absolute Gasteiger partial charge is 0.480 e. The predicted molar refractivity (Wildman–Crippen MR) is 173 cm³/mol. The number of carbonyl (C=O) groups excluding carboxylic acids is 1. The van der Waals surface area contributed by atoms with Crippen LogP contribution in [0.15, 0.2) is 72.8 Å².